The van der Waals surface area contributed by atoms with E-state index in [2.05, 4.69) is 15.5 Å². The molecule has 0 aliphatic rings. The Bertz CT molecular complexity index is 643. The molecule has 0 saturated heterocycles. The van der Waals surface area contributed by atoms with Crippen LogP contribution in [0.1, 0.15) is 17.5 Å². The van der Waals surface area contributed by atoms with E-state index in [1.54, 1.807) is 12.3 Å². The lowest BCUT2D eigenvalue weighted by Crippen LogP contribution is -2.12. The molecule has 2 aromatic rings. The number of benzene rings is 1. The average molecular weight is 328 g/mol. The van der Waals surface area contributed by atoms with Crippen molar-refractivity contribution in [2.45, 2.75) is 6.42 Å². The summed E-state index contributed by atoms with van der Waals surface area (Å²) >= 11 is 12.1. The number of halogens is 2. The second-order valence-corrected chi connectivity index (χ2v) is 5.16. The van der Waals surface area contributed by atoms with Crippen LogP contribution in [0, 0.1) is 5.41 Å². The zero-order chi connectivity index (χ0) is 15.4. The van der Waals surface area contributed by atoms with E-state index in [-0.39, 0.29) is 23.0 Å². The zero-order valence-electron chi connectivity index (χ0n) is 11.1. The number of anilines is 2. The highest BCUT2D eigenvalue weighted by atomic mass is 35.5. The molecule has 21 heavy (non-hydrogen) atoms. The molecule has 0 bridgehead atoms. The number of H-pyrrole nitrogens is 1. The van der Waals surface area contributed by atoms with Crippen LogP contribution in [-0.4, -0.2) is 34.2 Å². The van der Waals surface area contributed by atoms with Crippen LogP contribution in [0.3, 0.4) is 0 Å². The maximum Gasteiger partial charge on any atom is 0.0830 e. The molecule has 8 heteroatoms. The van der Waals surface area contributed by atoms with Crippen molar-refractivity contribution in [3.8, 4) is 0 Å². The van der Waals surface area contributed by atoms with E-state index >= 15 is 0 Å². The Hall–Kier alpha value is -1.76. The molecule has 0 spiro atoms. The Balaban J connectivity index is 2.46. The second-order valence-electron chi connectivity index (χ2n) is 4.37. The quantitative estimate of drug-likeness (QED) is 0.319. The van der Waals surface area contributed by atoms with Gasteiger partial charge in [0.15, 0.2) is 0 Å². The summed E-state index contributed by atoms with van der Waals surface area (Å²) in [6.07, 6.45) is 3.70. The van der Waals surface area contributed by atoms with E-state index in [0.717, 1.165) is 0 Å². The van der Waals surface area contributed by atoms with Gasteiger partial charge in [0, 0.05) is 36.2 Å². The van der Waals surface area contributed by atoms with E-state index in [0.29, 0.717) is 34.8 Å². The van der Waals surface area contributed by atoms with Crippen molar-refractivity contribution in [1.29, 1.82) is 5.41 Å². The minimum atomic E-state index is 0.0678. The molecule has 0 fully saturated rings. The molecule has 1 heterocycles. The van der Waals surface area contributed by atoms with E-state index in [1.807, 2.05) is 0 Å². The highest BCUT2D eigenvalue weighted by molar-refractivity contribution is 6.45. The van der Waals surface area contributed by atoms with Gasteiger partial charge in [-0.15, -0.1) is 0 Å². The molecule has 0 atom stereocenters. The third-order valence-electron chi connectivity index (χ3n) is 2.94. The molecule has 0 aliphatic carbocycles. The predicted molar refractivity (Wildman–Crippen MR) is 85.6 cm³/mol. The first kappa shape index (κ1) is 15.6. The molecule has 0 amide bonds. The van der Waals surface area contributed by atoms with E-state index in [1.165, 1.54) is 6.20 Å². The summed E-state index contributed by atoms with van der Waals surface area (Å²) in [6, 6.07) is 1.63. The minimum absolute atomic E-state index is 0.0678. The number of nitrogens with zero attached hydrogens (tertiary/aromatic N) is 1. The van der Waals surface area contributed by atoms with Gasteiger partial charge < -0.3 is 16.2 Å². The molecular formula is C13H15Cl2N5O. The molecule has 0 unspecified atom stereocenters. The lowest BCUT2D eigenvalue weighted by Gasteiger charge is -2.16. The summed E-state index contributed by atoms with van der Waals surface area (Å²) in [6.45, 7) is 0.595. The van der Waals surface area contributed by atoms with Gasteiger partial charge in [0.1, 0.15) is 0 Å². The Morgan fingerprint density at radius 2 is 2.24 bits per heavy atom. The maximum absolute atomic E-state index is 8.86. The van der Waals surface area contributed by atoms with Crippen LogP contribution in [0.4, 0.5) is 11.4 Å². The monoisotopic (exact) mass is 327 g/mol. The van der Waals surface area contributed by atoms with Gasteiger partial charge in [0.05, 0.1) is 27.6 Å². The van der Waals surface area contributed by atoms with Gasteiger partial charge >= 0.3 is 0 Å². The van der Waals surface area contributed by atoms with Crippen molar-refractivity contribution in [2.75, 3.05) is 24.2 Å². The van der Waals surface area contributed by atoms with Crippen molar-refractivity contribution in [1.82, 2.24) is 10.2 Å². The number of nitrogen functional groups attached to an aromatic ring is 1. The Morgan fingerprint density at radius 3 is 2.86 bits per heavy atom. The van der Waals surface area contributed by atoms with Gasteiger partial charge in [-0.2, -0.15) is 5.10 Å². The van der Waals surface area contributed by atoms with Gasteiger partial charge in [-0.1, -0.05) is 23.2 Å². The molecule has 0 aliphatic heterocycles. The Labute approximate surface area is 131 Å². The number of hydrogen-bond donors (Lipinski definition) is 5. The van der Waals surface area contributed by atoms with Crippen LogP contribution in [0.2, 0.25) is 10.0 Å². The first-order valence-electron chi connectivity index (χ1n) is 6.26. The van der Waals surface area contributed by atoms with Crippen LogP contribution in [0.15, 0.2) is 18.5 Å². The molecule has 6 N–H and O–H groups in total. The summed E-state index contributed by atoms with van der Waals surface area (Å²) in [5.41, 5.74) is 8.09. The SMILES string of the molecule is N=C(c1cn[nH]c1)c1c(NCCCO)cc(Cl)c(Cl)c1N. The summed E-state index contributed by atoms with van der Waals surface area (Å²) in [7, 11) is 0. The molecule has 1 aromatic carbocycles. The average Bonchev–Trinajstić information content (AvgIpc) is 2.99. The number of aliphatic hydroxyl groups is 1. The molecule has 0 saturated carbocycles. The summed E-state index contributed by atoms with van der Waals surface area (Å²) in [5, 5.41) is 27.3. The second kappa shape index (κ2) is 6.80. The number of nitrogens with two attached hydrogens (primary N) is 1. The number of aromatic amines is 1. The molecule has 6 nitrogen and oxygen atoms in total. The number of hydrogen-bond acceptors (Lipinski definition) is 5. The van der Waals surface area contributed by atoms with Gasteiger partial charge in [-0.3, -0.25) is 10.5 Å². The number of nitrogens with one attached hydrogen (secondary N) is 3. The van der Waals surface area contributed by atoms with Crippen molar-refractivity contribution >= 4 is 40.3 Å². The van der Waals surface area contributed by atoms with E-state index in [4.69, 9.17) is 39.5 Å². The molecule has 0 radical (unpaired) electrons. The lowest BCUT2D eigenvalue weighted by molar-refractivity contribution is 0.292. The third kappa shape index (κ3) is 3.29. The predicted octanol–water partition coefficient (Wildman–Crippen LogP) is 2.51. The maximum atomic E-state index is 8.86. The molecule has 112 valence electrons. The van der Waals surface area contributed by atoms with Gasteiger partial charge in [-0.05, 0) is 12.5 Å². The van der Waals surface area contributed by atoms with Gasteiger partial charge in [-0.25, -0.2) is 0 Å². The molecule has 2 rings (SSSR count). The van der Waals surface area contributed by atoms with Crippen LogP contribution in [0.5, 0.6) is 0 Å². The number of aliphatic hydroxyl groups excluding tert-OH is 1. The number of aromatic nitrogens is 2. The van der Waals surface area contributed by atoms with Crippen molar-refractivity contribution in [2.24, 2.45) is 0 Å². The Kier molecular flexibility index (Phi) is 5.06. The van der Waals surface area contributed by atoms with Gasteiger partial charge in [0.25, 0.3) is 0 Å². The summed E-state index contributed by atoms with van der Waals surface area (Å²) in [4.78, 5) is 0. The van der Waals surface area contributed by atoms with Gasteiger partial charge in [0.2, 0.25) is 0 Å². The van der Waals surface area contributed by atoms with Crippen molar-refractivity contribution in [3.63, 3.8) is 0 Å². The Morgan fingerprint density at radius 1 is 1.48 bits per heavy atom. The first-order chi connectivity index (χ1) is 10.1. The summed E-state index contributed by atoms with van der Waals surface area (Å²) < 4.78 is 0. The van der Waals surface area contributed by atoms with E-state index in [9.17, 15) is 0 Å². The van der Waals surface area contributed by atoms with Crippen LogP contribution in [-0.2, 0) is 0 Å². The zero-order valence-corrected chi connectivity index (χ0v) is 12.6. The smallest absolute Gasteiger partial charge is 0.0830 e. The van der Waals surface area contributed by atoms with Crippen molar-refractivity contribution in [3.05, 3.63) is 39.6 Å². The normalized spacial score (nSPS) is 10.6. The first-order valence-corrected chi connectivity index (χ1v) is 7.02. The summed E-state index contributed by atoms with van der Waals surface area (Å²) in [5.74, 6) is 0. The molecule has 1 aromatic heterocycles. The standard InChI is InChI=1S/C13H15Cl2N5O/c14-8-4-9(18-2-1-3-21)10(13(17)11(8)15)12(16)7-5-19-20-6-7/h4-6,16,18,21H,1-3,17H2,(H,19,20). The lowest BCUT2D eigenvalue weighted by atomic mass is 10.0. The van der Waals surface area contributed by atoms with Crippen molar-refractivity contribution < 1.29 is 5.11 Å². The van der Waals surface area contributed by atoms with Crippen LogP contribution >= 0.6 is 23.2 Å². The highest BCUT2D eigenvalue weighted by Crippen LogP contribution is 2.37. The topological polar surface area (TPSA) is 111 Å². The third-order valence-corrected chi connectivity index (χ3v) is 3.75. The van der Waals surface area contributed by atoms with E-state index < -0.39 is 0 Å². The fourth-order valence-corrected chi connectivity index (χ4v) is 2.25. The minimum Gasteiger partial charge on any atom is -0.397 e. The fourth-order valence-electron chi connectivity index (χ4n) is 1.89. The molecular weight excluding hydrogens is 313 g/mol. The van der Waals surface area contributed by atoms with Crippen LogP contribution < -0.4 is 11.1 Å². The number of rotatable bonds is 6. The largest absolute Gasteiger partial charge is 0.397 e. The highest BCUT2D eigenvalue weighted by Gasteiger charge is 2.19. The fraction of sp³-hybridized carbons (Fsp3) is 0.231. The van der Waals surface area contributed by atoms with Crippen LogP contribution in [0.25, 0.3) is 0 Å².